The summed E-state index contributed by atoms with van der Waals surface area (Å²) in [5, 5.41) is 20.4. The molecule has 1 unspecified atom stereocenters. The van der Waals surface area contributed by atoms with E-state index in [0.717, 1.165) is 57.9 Å². The fourth-order valence-corrected chi connectivity index (χ4v) is 5.84. The Morgan fingerprint density at radius 1 is 0.455 bits per heavy atom. The van der Waals surface area contributed by atoms with Gasteiger partial charge in [0.2, 0.25) is 17.7 Å². The summed E-state index contributed by atoms with van der Waals surface area (Å²) in [6.45, 7) is 8.70. The van der Waals surface area contributed by atoms with Crippen molar-refractivity contribution in [1.82, 2.24) is 21.3 Å². The normalized spacial score (nSPS) is 11.7. The molecular formula is C41H78N4O10. The molecule has 55 heavy (non-hydrogen) atoms. The summed E-state index contributed by atoms with van der Waals surface area (Å²) in [5.74, 6) is -0.661. The third-order valence-electron chi connectivity index (χ3n) is 9.06. The number of likely N-dealkylation sites (N-methyl/N-ethyl adjacent to an activating group) is 1. The third kappa shape index (κ3) is 40.8. The Hall–Kier alpha value is -2.65. The highest BCUT2D eigenvalue weighted by Gasteiger charge is 2.12. The number of carbonyl (C=O) groups excluding carboxylic acids is 4. The SMILES string of the molecule is CCNC(CCCCNC(=O)CCOCCOCCNC(=O)CCOCCOCCNC(=O)CCCCCCCCCCCCCCCCC(=O)O)C(C)=O. The number of Topliss-reactive ketones (excluding diaryl/α,β-unsaturated/α-hetero) is 1. The molecule has 0 radical (unpaired) electrons. The van der Waals surface area contributed by atoms with Crippen LogP contribution in [-0.4, -0.2) is 120 Å². The molecule has 3 amide bonds. The van der Waals surface area contributed by atoms with E-state index >= 15 is 0 Å². The Bertz CT molecular complexity index is 956. The monoisotopic (exact) mass is 787 g/mol. The molecule has 0 aliphatic rings. The smallest absolute Gasteiger partial charge is 0.303 e. The summed E-state index contributed by atoms with van der Waals surface area (Å²) in [6.07, 6.45) is 20.1. The highest BCUT2D eigenvalue weighted by atomic mass is 16.5. The second kappa shape index (κ2) is 41.0. The highest BCUT2D eigenvalue weighted by molar-refractivity contribution is 5.81. The fraction of sp³-hybridized carbons (Fsp3) is 0.878. The lowest BCUT2D eigenvalue weighted by atomic mass is 10.0. The molecule has 0 aromatic carbocycles. The Morgan fingerprint density at radius 2 is 0.836 bits per heavy atom. The molecule has 0 aromatic heterocycles. The van der Waals surface area contributed by atoms with Gasteiger partial charge in [-0.3, -0.25) is 24.0 Å². The molecule has 14 heteroatoms. The number of ketones is 1. The molecule has 0 heterocycles. The minimum Gasteiger partial charge on any atom is -0.481 e. The van der Waals surface area contributed by atoms with Gasteiger partial charge in [0.1, 0.15) is 5.78 Å². The minimum atomic E-state index is -0.690. The third-order valence-corrected chi connectivity index (χ3v) is 9.06. The maximum atomic E-state index is 12.0. The topological polar surface area (TPSA) is 191 Å². The van der Waals surface area contributed by atoms with Crippen molar-refractivity contribution in [3.8, 4) is 0 Å². The van der Waals surface area contributed by atoms with Gasteiger partial charge in [0, 0.05) is 45.3 Å². The Labute approximate surface area is 332 Å². The molecule has 0 bridgehead atoms. The molecular weight excluding hydrogens is 708 g/mol. The quantitative estimate of drug-likeness (QED) is 0.0508. The fourth-order valence-electron chi connectivity index (χ4n) is 5.84. The summed E-state index contributed by atoms with van der Waals surface area (Å²) in [7, 11) is 0. The van der Waals surface area contributed by atoms with Crippen LogP contribution >= 0.6 is 0 Å². The van der Waals surface area contributed by atoms with Gasteiger partial charge in [0.05, 0.1) is 58.9 Å². The number of carboxylic acids is 1. The summed E-state index contributed by atoms with van der Waals surface area (Å²) in [4.78, 5) is 57.9. The molecule has 0 spiro atoms. The van der Waals surface area contributed by atoms with Gasteiger partial charge in [-0.15, -0.1) is 0 Å². The van der Waals surface area contributed by atoms with Gasteiger partial charge in [-0.25, -0.2) is 0 Å². The number of carbonyl (C=O) groups is 5. The van der Waals surface area contributed by atoms with Crippen LogP contribution in [0.4, 0.5) is 0 Å². The van der Waals surface area contributed by atoms with Crippen LogP contribution in [-0.2, 0) is 42.9 Å². The van der Waals surface area contributed by atoms with Crippen molar-refractivity contribution in [2.45, 2.75) is 155 Å². The molecule has 5 N–H and O–H groups in total. The molecule has 0 aliphatic carbocycles. The highest BCUT2D eigenvalue weighted by Crippen LogP contribution is 2.14. The lowest BCUT2D eigenvalue weighted by molar-refractivity contribution is -0.137. The van der Waals surface area contributed by atoms with E-state index in [4.69, 9.17) is 24.1 Å². The summed E-state index contributed by atoms with van der Waals surface area (Å²) in [5.41, 5.74) is 0. The van der Waals surface area contributed by atoms with Crippen LogP contribution in [0, 0.1) is 0 Å². The Balaban J connectivity index is 3.35. The van der Waals surface area contributed by atoms with Crippen molar-refractivity contribution in [3.63, 3.8) is 0 Å². The van der Waals surface area contributed by atoms with Crippen LogP contribution < -0.4 is 21.3 Å². The summed E-state index contributed by atoms with van der Waals surface area (Å²) >= 11 is 0. The van der Waals surface area contributed by atoms with Crippen LogP contribution in [0.25, 0.3) is 0 Å². The van der Waals surface area contributed by atoms with E-state index in [0.29, 0.717) is 85.3 Å². The van der Waals surface area contributed by atoms with Gasteiger partial charge in [0.25, 0.3) is 0 Å². The molecule has 0 aliphatic heterocycles. The number of hydrogen-bond donors (Lipinski definition) is 5. The van der Waals surface area contributed by atoms with Crippen molar-refractivity contribution in [2.24, 2.45) is 0 Å². The molecule has 14 nitrogen and oxygen atoms in total. The molecule has 322 valence electrons. The molecule has 0 aromatic rings. The minimum absolute atomic E-state index is 0.0608. The first kappa shape index (κ1) is 52.3. The average molecular weight is 787 g/mol. The Kier molecular flexibility index (Phi) is 39.0. The van der Waals surface area contributed by atoms with Gasteiger partial charge in [0.15, 0.2) is 0 Å². The van der Waals surface area contributed by atoms with Gasteiger partial charge in [-0.05, 0) is 45.6 Å². The summed E-state index contributed by atoms with van der Waals surface area (Å²) in [6, 6.07) is -0.106. The molecule has 0 fully saturated rings. The molecule has 0 saturated carbocycles. The van der Waals surface area contributed by atoms with E-state index in [1.807, 2.05) is 6.92 Å². The second-order valence-electron chi connectivity index (χ2n) is 14.1. The van der Waals surface area contributed by atoms with Crippen molar-refractivity contribution in [3.05, 3.63) is 0 Å². The number of ether oxygens (including phenoxy) is 4. The van der Waals surface area contributed by atoms with Crippen LogP contribution in [0.5, 0.6) is 0 Å². The van der Waals surface area contributed by atoms with E-state index in [1.165, 1.54) is 57.8 Å². The molecule has 1 atom stereocenters. The van der Waals surface area contributed by atoms with Crippen molar-refractivity contribution >= 4 is 29.5 Å². The van der Waals surface area contributed by atoms with Crippen molar-refractivity contribution < 1.29 is 48.0 Å². The number of hydrogen-bond acceptors (Lipinski definition) is 10. The standard InChI is InChI=1S/C41H78N4O10/c1-3-42-37(36(2)46)20-18-19-25-43-39(48)23-28-52-32-35-55-31-27-45-40(49)24-29-53-33-34-54-30-26-44-38(47)21-16-14-12-10-8-6-4-5-7-9-11-13-15-17-22-41(50)51/h37,42H,3-35H2,1-2H3,(H,43,48)(H,44,47)(H,45,49)(H,50,51). The first-order valence-electron chi connectivity index (χ1n) is 21.3. The van der Waals surface area contributed by atoms with Crippen LogP contribution in [0.2, 0.25) is 0 Å². The van der Waals surface area contributed by atoms with Crippen molar-refractivity contribution in [2.75, 3.05) is 79.0 Å². The zero-order valence-electron chi connectivity index (χ0n) is 34.5. The van der Waals surface area contributed by atoms with E-state index in [2.05, 4.69) is 21.3 Å². The number of carboxylic acid groups (broad SMARTS) is 1. The number of rotatable bonds is 43. The van der Waals surface area contributed by atoms with Gasteiger partial charge in [-0.2, -0.15) is 0 Å². The first-order valence-corrected chi connectivity index (χ1v) is 21.3. The first-order chi connectivity index (χ1) is 26.8. The van der Waals surface area contributed by atoms with E-state index in [1.54, 1.807) is 6.92 Å². The second-order valence-corrected chi connectivity index (χ2v) is 14.1. The maximum absolute atomic E-state index is 12.0. The number of nitrogens with one attached hydrogen (secondary N) is 4. The van der Waals surface area contributed by atoms with E-state index in [-0.39, 0.29) is 42.4 Å². The van der Waals surface area contributed by atoms with Gasteiger partial charge < -0.3 is 45.3 Å². The molecule has 0 saturated heterocycles. The molecule has 0 rings (SSSR count). The zero-order chi connectivity index (χ0) is 40.5. The number of unbranched alkanes of at least 4 members (excludes halogenated alkanes) is 14. The number of amides is 3. The average Bonchev–Trinajstić information content (AvgIpc) is 3.15. The summed E-state index contributed by atoms with van der Waals surface area (Å²) < 4.78 is 21.8. The van der Waals surface area contributed by atoms with Crippen LogP contribution in [0.3, 0.4) is 0 Å². The predicted molar refractivity (Wildman–Crippen MR) is 215 cm³/mol. The maximum Gasteiger partial charge on any atom is 0.303 e. The van der Waals surface area contributed by atoms with Crippen molar-refractivity contribution in [1.29, 1.82) is 0 Å². The zero-order valence-corrected chi connectivity index (χ0v) is 34.5. The van der Waals surface area contributed by atoms with Crippen LogP contribution in [0.1, 0.15) is 149 Å². The van der Waals surface area contributed by atoms with E-state index in [9.17, 15) is 24.0 Å². The largest absolute Gasteiger partial charge is 0.481 e. The predicted octanol–water partition coefficient (Wildman–Crippen LogP) is 5.25. The van der Waals surface area contributed by atoms with Gasteiger partial charge in [-0.1, -0.05) is 84.0 Å². The van der Waals surface area contributed by atoms with Gasteiger partial charge >= 0.3 is 5.97 Å². The lowest BCUT2D eigenvalue weighted by Gasteiger charge is -2.14. The lowest BCUT2D eigenvalue weighted by Crippen LogP contribution is -2.35. The van der Waals surface area contributed by atoms with E-state index < -0.39 is 5.97 Å². The Morgan fingerprint density at radius 3 is 1.25 bits per heavy atom. The number of aliphatic carboxylic acids is 1. The van der Waals surface area contributed by atoms with Crippen LogP contribution in [0.15, 0.2) is 0 Å².